The van der Waals surface area contributed by atoms with Crippen molar-refractivity contribution in [2.24, 2.45) is 0 Å². The Morgan fingerprint density at radius 3 is 1.34 bits per heavy atom. The Morgan fingerprint density at radius 2 is 0.960 bits per heavy atom. The molecule has 5 aromatic rings. The van der Waals surface area contributed by atoms with Gasteiger partial charge in [-0.25, -0.2) is 0 Å². The van der Waals surface area contributed by atoms with E-state index in [0.717, 1.165) is 79.9 Å². The number of anilines is 3. The number of halogens is 4. The maximum absolute atomic E-state index is 3.91. The van der Waals surface area contributed by atoms with Gasteiger partial charge in [-0.15, -0.1) is 13.2 Å². The SMILES string of the molecule is C=CCCCC1(CCCC=C)c2cc(Br)ccc2-c2ccc(Br)cc21.CCC(C)c1ccc(N(c2ccc(Br)cc2)c2ccc(Br)cc2)cc1. The van der Waals surface area contributed by atoms with Gasteiger partial charge in [0.2, 0.25) is 0 Å². The van der Waals surface area contributed by atoms with Gasteiger partial charge in [-0.1, -0.05) is 114 Å². The molecule has 0 aromatic heterocycles. The maximum Gasteiger partial charge on any atom is 0.0462 e. The van der Waals surface area contributed by atoms with E-state index in [0.29, 0.717) is 5.92 Å². The standard InChI is InChI=1S/C23H24Br2.C22H21Br2N/c1-3-5-7-13-23(14-8-6-4-2)21-15-17(24)9-11-19(21)20-12-10-18(25)16-22(20)23;1-3-16(2)17-4-10-20(11-5-17)25(21-12-6-18(23)7-13-21)22-14-8-19(24)9-15-22/h3-4,9-12,15-16H,1-2,5-8,13-14H2;4-16H,3H2,1-2H3. The quantitative estimate of drug-likeness (QED) is 0.0840. The number of rotatable bonds is 13. The summed E-state index contributed by atoms with van der Waals surface area (Å²) in [7, 11) is 0. The molecule has 1 aliphatic carbocycles. The lowest BCUT2D eigenvalue weighted by molar-refractivity contribution is 0.422. The van der Waals surface area contributed by atoms with Crippen LogP contribution in [0.15, 0.2) is 152 Å². The predicted molar refractivity (Wildman–Crippen MR) is 231 cm³/mol. The predicted octanol–water partition coefficient (Wildman–Crippen LogP) is 16.4. The van der Waals surface area contributed by atoms with Crippen molar-refractivity contribution < 1.29 is 0 Å². The number of benzene rings is 5. The van der Waals surface area contributed by atoms with E-state index in [2.05, 4.69) is 205 Å². The first-order chi connectivity index (χ1) is 24.2. The number of fused-ring (bicyclic) bond motifs is 3. The summed E-state index contributed by atoms with van der Waals surface area (Å²) in [4.78, 5) is 2.28. The smallest absolute Gasteiger partial charge is 0.0462 e. The fraction of sp³-hybridized carbons (Fsp3) is 0.244. The van der Waals surface area contributed by atoms with Gasteiger partial charge in [0.25, 0.3) is 0 Å². The topological polar surface area (TPSA) is 3.24 Å². The van der Waals surface area contributed by atoms with E-state index in [9.17, 15) is 0 Å². The Bertz CT molecular complexity index is 1760. The first-order valence-corrected chi connectivity index (χ1v) is 20.6. The average Bonchev–Trinajstić information content (AvgIpc) is 3.38. The second-order valence-electron chi connectivity index (χ2n) is 13.0. The summed E-state index contributed by atoms with van der Waals surface area (Å²) in [5, 5.41) is 0. The van der Waals surface area contributed by atoms with Crippen molar-refractivity contribution in [1.82, 2.24) is 0 Å². The molecule has 0 spiro atoms. The molecule has 0 saturated heterocycles. The molecule has 0 fully saturated rings. The molecule has 0 heterocycles. The third-order valence-corrected chi connectivity index (χ3v) is 11.9. The molecule has 1 nitrogen and oxygen atoms in total. The van der Waals surface area contributed by atoms with E-state index in [-0.39, 0.29) is 5.41 Å². The van der Waals surface area contributed by atoms with E-state index in [1.165, 1.54) is 27.8 Å². The summed E-state index contributed by atoms with van der Waals surface area (Å²) in [5.74, 6) is 0.586. The first-order valence-electron chi connectivity index (χ1n) is 17.4. The van der Waals surface area contributed by atoms with Crippen LogP contribution in [0.4, 0.5) is 17.1 Å². The molecule has 0 saturated carbocycles. The van der Waals surface area contributed by atoms with Crippen LogP contribution in [0.2, 0.25) is 0 Å². The monoisotopic (exact) mass is 915 g/mol. The summed E-state index contributed by atoms with van der Waals surface area (Å²) in [5.41, 5.74) is 10.7. The first kappa shape index (κ1) is 38.5. The van der Waals surface area contributed by atoms with Crippen LogP contribution in [-0.2, 0) is 5.41 Å². The lowest BCUT2D eigenvalue weighted by atomic mass is 9.71. The maximum atomic E-state index is 3.91. The van der Waals surface area contributed by atoms with Crippen molar-refractivity contribution in [2.75, 3.05) is 4.90 Å². The largest absolute Gasteiger partial charge is 0.311 e. The number of hydrogen-bond donors (Lipinski definition) is 0. The molecule has 1 unspecified atom stereocenters. The van der Waals surface area contributed by atoms with Gasteiger partial charge in [-0.2, -0.15) is 0 Å². The summed E-state index contributed by atoms with van der Waals surface area (Å²) >= 11 is 14.4. The van der Waals surface area contributed by atoms with E-state index >= 15 is 0 Å². The van der Waals surface area contributed by atoms with Crippen molar-refractivity contribution in [2.45, 2.75) is 70.1 Å². The normalized spacial score (nSPS) is 13.0. The van der Waals surface area contributed by atoms with E-state index in [1.54, 1.807) is 0 Å². The summed E-state index contributed by atoms with van der Waals surface area (Å²) in [6.07, 6.45) is 12.0. The average molecular weight is 919 g/mol. The van der Waals surface area contributed by atoms with Gasteiger partial charge in [0, 0.05) is 40.4 Å². The Hall–Kier alpha value is -2.70. The third-order valence-electron chi connectivity index (χ3n) is 9.81. The molecule has 1 aliphatic rings. The van der Waals surface area contributed by atoms with E-state index < -0.39 is 0 Å². The van der Waals surface area contributed by atoms with Gasteiger partial charge in [0.1, 0.15) is 0 Å². The van der Waals surface area contributed by atoms with Crippen LogP contribution in [0, 0.1) is 0 Å². The zero-order valence-corrected chi connectivity index (χ0v) is 35.3. The molecule has 50 heavy (non-hydrogen) atoms. The van der Waals surface area contributed by atoms with Gasteiger partial charge >= 0.3 is 0 Å². The van der Waals surface area contributed by atoms with Gasteiger partial charge in [-0.05, 0) is 164 Å². The van der Waals surface area contributed by atoms with Crippen LogP contribution < -0.4 is 4.90 Å². The zero-order chi connectivity index (χ0) is 35.7. The van der Waals surface area contributed by atoms with Gasteiger partial charge < -0.3 is 4.90 Å². The number of unbranched alkanes of at least 4 members (excludes halogenated alkanes) is 2. The van der Waals surface area contributed by atoms with Gasteiger partial charge in [-0.3, -0.25) is 0 Å². The molecule has 0 bridgehead atoms. The molecule has 5 heteroatoms. The molecule has 0 aliphatic heterocycles. The summed E-state index contributed by atoms with van der Waals surface area (Å²) in [6.45, 7) is 12.3. The summed E-state index contributed by atoms with van der Waals surface area (Å²) < 4.78 is 4.49. The molecule has 258 valence electrons. The minimum absolute atomic E-state index is 0.0875. The molecule has 0 radical (unpaired) electrons. The second kappa shape index (κ2) is 18.2. The van der Waals surface area contributed by atoms with Crippen LogP contribution in [0.1, 0.15) is 81.4 Å². The van der Waals surface area contributed by atoms with Crippen molar-refractivity contribution in [1.29, 1.82) is 0 Å². The molecule has 5 aromatic carbocycles. The molecular formula is C45H45Br4N. The number of allylic oxidation sites excluding steroid dienone is 2. The zero-order valence-electron chi connectivity index (χ0n) is 28.9. The fourth-order valence-electron chi connectivity index (χ4n) is 7.01. The van der Waals surface area contributed by atoms with Crippen molar-refractivity contribution in [3.05, 3.63) is 169 Å². The highest BCUT2D eigenvalue weighted by Crippen LogP contribution is 2.55. The Morgan fingerprint density at radius 1 is 0.580 bits per heavy atom. The highest BCUT2D eigenvalue weighted by atomic mass is 79.9. The fourth-order valence-corrected chi connectivity index (χ4v) is 8.27. The van der Waals surface area contributed by atoms with Crippen LogP contribution in [0.3, 0.4) is 0 Å². The highest BCUT2D eigenvalue weighted by Gasteiger charge is 2.42. The molecule has 1 atom stereocenters. The molecular weight excluding hydrogens is 874 g/mol. The second-order valence-corrected chi connectivity index (χ2v) is 16.7. The number of hydrogen-bond acceptors (Lipinski definition) is 1. The lowest BCUT2D eigenvalue weighted by Crippen LogP contribution is -2.25. The van der Waals surface area contributed by atoms with Crippen LogP contribution in [-0.4, -0.2) is 0 Å². The van der Waals surface area contributed by atoms with Gasteiger partial charge in [0.15, 0.2) is 0 Å². The lowest BCUT2D eigenvalue weighted by Gasteiger charge is -2.33. The van der Waals surface area contributed by atoms with Crippen molar-refractivity contribution >= 4 is 80.8 Å². The van der Waals surface area contributed by atoms with E-state index in [1.807, 2.05) is 12.2 Å². The van der Waals surface area contributed by atoms with Crippen molar-refractivity contribution in [3.63, 3.8) is 0 Å². The Labute approximate surface area is 333 Å². The summed E-state index contributed by atoms with van der Waals surface area (Å²) in [6, 6.07) is 39.3. The minimum atomic E-state index is 0.0875. The van der Waals surface area contributed by atoms with Gasteiger partial charge in [0.05, 0.1) is 0 Å². The van der Waals surface area contributed by atoms with Crippen LogP contribution in [0.25, 0.3) is 11.1 Å². The van der Waals surface area contributed by atoms with E-state index in [4.69, 9.17) is 0 Å². The Balaban J connectivity index is 0.000000194. The molecule has 6 rings (SSSR count). The molecule has 0 amide bonds. The molecule has 0 N–H and O–H groups in total. The third kappa shape index (κ3) is 9.02. The Kier molecular flexibility index (Phi) is 14.0. The van der Waals surface area contributed by atoms with Crippen LogP contribution in [0.5, 0.6) is 0 Å². The van der Waals surface area contributed by atoms with Crippen LogP contribution >= 0.6 is 63.7 Å². The highest BCUT2D eigenvalue weighted by molar-refractivity contribution is 9.11. The number of nitrogens with zero attached hydrogens (tertiary/aromatic N) is 1. The van der Waals surface area contributed by atoms with Crippen molar-refractivity contribution in [3.8, 4) is 11.1 Å². The minimum Gasteiger partial charge on any atom is -0.311 e.